The first kappa shape index (κ1) is 13.4. The van der Waals surface area contributed by atoms with Crippen molar-refractivity contribution in [1.82, 2.24) is 4.98 Å². The van der Waals surface area contributed by atoms with E-state index < -0.39 is 0 Å². The van der Waals surface area contributed by atoms with Gasteiger partial charge in [-0.1, -0.05) is 25.1 Å². The van der Waals surface area contributed by atoms with Crippen LogP contribution in [0.15, 0.2) is 29.3 Å². The summed E-state index contributed by atoms with van der Waals surface area (Å²) < 4.78 is 0. The number of nitrogens with one attached hydrogen (secondary N) is 1. The van der Waals surface area contributed by atoms with Gasteiger partial charge in [-0.25, -0.2) is 0 Å². The summed E-state index contributed by atoms with van der Waals surface area (Å²) in [5, 5.41) is 2.50. The zero-order valence-electron chi connectivity index (χ0n) is 12.5. The fourth-order valence-corrected chi connectivity index (χ4v) is 4.27. The summed E-state index contributed by atoms with van der Waals surface area (Å²) in [4.78, 5) is 8.24. The average molecular weight is 297 g/mol. The van der Waals surface area contributed by atoms with Gasteiger partial charge >= 0.3 is 0 Å². The highest BCUT2D eigenvalue weighted by atomic mass is 32.2. The van der Waals surface area contributed by atoms with Gasteiger partial charge in [0, 0.05) is 29.1 Å². The molecule has 4 rings (SSSR count). The van der Waals surface area contributed by atoms with E-state index in [4.69, 9.17) is 0 Å². The van der Waals surface area contributed by atoms with Crippen molar-refractivity contribution in [2.45, 2.75) is 32.6 Å². The van der Waals surface area contributed by atoms with Gasteiger partial charge in [-0.2, -0.15) is 0 Å². The molecule has 109 valence electrons. The minimum Gasteiger partial charge on any atom is -0.353 e. The van der Waals surface area contributed by atoms with Crippen LogP contribution < -0.4 is 0 Å². The summed E-state index contributed by atoms with van der Waals surface area (Å²) in [6.07, 6.45) is 5.18. The van der Waals surface area contributed by atoms with E-state index in [-0.39, 0.29) is 0 Å². The van der Waals surface area contributed by atoms with E-state index in [9.17, 15) is 0 Å². The lowest BCUT2D eigenvalue weighted by Gasteiger charge is -2.26. The molecule has 0 atom stereocenters. The molecule has 0 amide bonds. The normalized spacial score (nSPS) is 21.1. The lowest BCUT2D eigenvalue weighted by atomic mass is 9.79. The molecule has 21 heavy (non-hydrogen) atoms. The summed E-state index contributed by atoms with van der Waals surface area (Å²) in [7, 11) is 0. The highest BCUT2D eigenvalue weighted by Gasteiger charge is 2.23. The lowest BCUT2D eigenvalue weighted by Crippen LogP contribution is -2.11. The first-order valence-electron chi connectivity index (χ1n) is 7.95. The predicted molar refractivity (Wildman–Crippen MR) is 92.1 cm³/mol. The molecule has 0 spiro atoms. The van der Waals surface area contributed by atoms with Crippen LogP contribution in [0.1, 0.15) is 43.9 Å². The monoisotopic (exact) mass is 297 g/mol. The van der Waals surface area contributed by atoms with Crippen molar-refractivity contribution in [1.29, 1.82) is 0 Å². The Balaban J connectivity index is 1.72. The number of nitrogens with zero attached hydrogens (tertiary/aromatic N) is 1. The van der Waals surface area contributed by atoms with Gasteiger partial charge in [0.15, 0.2) is 0 Å². The Hall–Kier alpha value is -1.22. The number of hydrogen-bond acceptors (Lipinski definition) is 2. The molecule has 0 unspecified atom stereocenters. The predicted octanol–water partition coefficient (Wildman–Crippen LogP) is 4.79. The number of hydrogen-bond donors (Lipinski definition) is 1. The molecule has 1 radical (unpaired) electrons. The first-order valence-corrected chi connectivity index (χ1v) is 8.94. The van der Waals surface area contributed by atoms with E-state index in [0.717, 1.165) is 18.2 Å². The molecule has 3 heteroatoms. The molecule has 1 saturated carbocycles. The van der Waals surface area contributed by atoms with Crippen LogP contribution in [0.2, 0.25) is 0 Å². The molecule has 2 aliphatic rings. The Morgan fingerprint density at radius 1 is 1.24 bits per heavy atom. The van der Waals surface area contributed by atoms with Gasteiger partial charge in [-0.15, -0.1) is 11.8 Å². The van der Waals surface area contributed by atoms with E-state index in [0.29, 0.717) is 0 Å². The maximum Gasteiger partial charge on any atom is 0.114 e. The zero-order chi connectivity index (χ0) is 14.2. The average Bonchev–Trinajstić information content (AvgIpc) is 3.16. The van der Waals surface area contributed by atoms with Gasteiger partial charge in [-0.05, 0) is 43.2 Å². The number of para-hydroxylation sites is 1. The Morgan fingerprint density at radius 3 is 2.86 bits per heavy atom. The van der Waals surface area contributed by atoms with Gasteiger partial charge in [0.1, 0.15) is 5.04 Å². The fraction of sp³-hybridized carbons (Fsp3) is 0.444. The minimum atomic E-state index is 0.886. The highest BCUT2D eigenvalue weighted by Crippen LogP contribution is 2.37. The second kappa shape index (κ2) is 5.53. The van der Waals surface area contributed by atoms with Crippen molar-refractivity contribution < 1.29 is 0 Å². The Bertz CT molecular complexity index is 678. The SMILES string of the molecule is CC1CC[C](c2cccc3cc(C4=NCCS4)[nH]c23)CC1. The third-order valence-corrected chi connectivity index (χ3v) is 5.74. The van der Waals surface area contributed by atoms with Gasteiger partial charge in [-0.3, -0.25) is 4.99 Å². The smallest absolute Gasteiger partial charge is 0.114 e. The van der Waals surface area contributed by atoms with E-state index in [2.05, 4.69) is 41.2 Å². The van der Waals surface area contributed by atoms with Gasteiger partial charge in [0.2, 0.25) is 0 Å². The maximum absolute atomic E-state index is 4.59. The van der Waals surface area contributed by atoms with Crippen LogP contribution in [0.25, 0.3) is 10.9 Å². The zero-order valence-corrected chi connectivity index (χ0v) is 13.3. The number of thioether (sulfide) groups is 1. The number of H-pyrrole nitrogens is 1. The second-order valence-electron chi connectivity index (χ2n) is 6.27. The number of fused-ring (bicyclic) bond motifs is 1. The summed E-state index contributed by atoms with van der Waals surface area (Å²) in [5.74, 6) is 3.64. The van der Waals surface area contributed by atoms with Gasteiger partial charge < -0.3 is 4.98 Å². The highest BCUT2D eigenvalue weighted by molar-refractivity contribution is 8.14. The molecule has 2 aromatic rings. The van der Waals surface area contributed by atoms with Crippen molar-refractivity contribution in [3.8, 4) is 0 Å². The molecule has 1 aromatic heterocycles. The van der Waals surface area contributed by atoms with Gasteiger partial charge in [0.05, 0.1) is 5.69 Å². The van der Waals surface area contributed by atoms with Crippen molar-refractivity contribution in [2.75, 3.05) is 12.3 Å². The Morgan fingerprint density at radius 2 is 2.10 bits per heavy atom. The van der Waals surface area contributed by atoms with E-state index in [1.165, 1.54) is 52.9 Å². The molecule has 2 heterocycles. The van der Waals surface area contributed by atoms with Gasteiger partial charge in [0.25, 0.3) is 0 Å². The standard InChI is InChI=1S/C18H21N2S/c1-12-5-7-13(8-6-12)15-4-2-3-14-11-16(20-17(14)15)18-19-9-10-21-18/h2-4,11-12,20H,5-10H2,1H3. The number of benzene rings is 1. The second-order valence-corrected chi connectivity index (χ2v) is 7.36. The third kappa shape index (κ3) is 2.52. The molecule has 0 bridgehead atoms. The van der Waals surface area contributed by atoms with Crippen molar-refractivity contribution in [3.63, 3.8) is 0 Å². The van der Waals surface area contributed by atoms with Crippen LogP contribution >= 0.6 is 11.8 Å². The molecule has 1 N–H and O–H groups in total. The van der Waals surface area contributed by atoms with Crippen LogP contribution in [-0.2, 0) is 0 Å². The molecule has 1 aliphatic carbocycles. The van der Waals surface area contributed by atoms with Crippen LogP contribution in [-0.4, -0.2) is 22.3 Å². The molecule has 0 saturated heterocycles. The number of aliphatic imine (C=N–C) groups is 1. The lowest BCUT2D eigenvalue weighted by molar-refractivity contribution is 0.417. The number of aromatic nitrogens is 1. The van der Waals surface area contributed by atoms with Crippen molar-refractivity contribution >= 4 is 27.7 Å². The molecule has 2 nitrogen and oxygen atoms in total. The van der Waals surface area contributed by atoms with E-state index in [1.807, 2.05) is 11.8 Å². The summed E-state index contributed by atoms with van der Waals surface area (Å²) >= 11 is 1.86. The topological polar surface area (TPSA) is 28.1 Å². The van der Waals surface area contributed by atoms with Crippen LogP contribution in [0.5, 0.6) is 0 Å². The largest absolute Gasteiger partial charge is 0.353 e. The third-order valence-electron chi connectivity index (χ3n) is 4.73. The molecule has 1 fully saturated rings. The Labute approximate surface area is 130 Å². The van der Waals surface area contributed by atoms with Crippen molar-refractivity contribution in [3.05, 3.63) is 41.4 Å². The quantitative estimate of drug-likeness (QED) is 0.847. The maximum atomic E-state index is 4.59. The van der Waals surface area contributed by atoms with Crippen molar-refractivity contribution in [2.24, 2.45) is 10.9 Å². The van der Waals surface area contributed by atoms with Crippen LogP contribution in [0, 0.1) is 11.8 Å². The summed E-state index contributed by atoms with van der Waals surface area (Å²) in [5.41, 5.74) is 3.95. The molecule has 1 aliphatic heterocycles. The van der Waals surface area contributed by atoms with E-state index in [1.54, 1.807) is 5.92 Å². The molecular weight excluding hydrogens is 276 g/mol. The molecular formula is C18H21N2S. The fourth-order valence-electron chi connectivity index (χ4n) is 3.44. The summed E-state index contributed by atoms with van der Waals surface area (Å²) in [6, 6.07) is 8.97. The minimum absolute atomic E-state index is 0.886. The van der Waals surface area contributed by atoms with Crippen LogP contribution in [0.3, 0.4) is 0 Å². The first-order chi connectivity index (χ1) is 10.3. The number of aromatic amines is 1. The summed E-state index contributed by atoms with van der Waals surface area (Å²) in [6.45, 7) is 3.33. The number of rotatable bonds is 2. The van der Waals surface area contributed by atoms with E-state index >= 15 is 0 Å². The molecule has 1 aromatic carbocycles. The van der Waals surface area contributed by atoms with Crippen LogP contribution in [0.4, 0.5) is 0 Å². The Kier molecular flexibility index (Phi) is 3.54.